The van der Waals surface area contributed by atoms with Gasteiger partial charge >= 0.3 is 0 Å². The Morgan fingerprint density at radius 2 is 1.93 bits per heavy atom. The molecule has 2 N–H and O–H groups in total. The third-order valence-electron chi connectivity index (χ3n) is 3.98. The van der Waals surface area contributed by atoms with Crippen molar-refractivity contribution in [2.75, 3.05) is 13.7 Å². The fourth-order valence-corrected chi connectivity index (χ4v) is 3.77. The molecule has 0 radical (unpaired) electrons. The number of sulfonamides is 1. The van der Waals surface area contributed by atoms with Crippen molar-refractivity contribution < 1.29 is 27.1 Å². The number of halogens is 1. The molecule has 0 aliphatic carbocycles. The molecule has 0 spiro atoms. The Kier molecular flexibility index (Phi) is 5.59. The minimum absolute atomic E-state index is 0.0150. The molecular weight excluding hydrogens is 373 g/mol. The fraction of sp³-hybridized carbons (Fsp3) is 0.158. The Labute approximate surface area is 156 Å². The van der Waals surface area contributed by atoms with Gasteiger partial charge in [-0.25, -0.2) is 17.5 Å². The van der Waals surface area contributed by atoms with E-state index >= 15 is 0 Å². The van der Waals surface area contributed by atoms with Crippen LogP contribution in [0.25, 0.3) is 11.3 Å². The molecule has 3 aromatic rings. The summed E-state index contributed by atoms with van der Waals surface area (Å²) in [6.07, 6.45) is 0.484. The van der Waals surface area contributed by atoms with Crippen molar-refractivity contribution in [1.29, 1.82) is 0 Å². The largest absolute Gasteiger partial charge is 0.495 e. The molecule has 0 aliphatic heterocycles. The number of ether oxygens (including phenoxy) is 1. The molecule has 1 aromatic heterocycles. The van der Waals surface area contributed by atoms with Gasteiger partial charge in [0.25, 0.3) is 0 Å². The Morgan fingerprint density at radius 3 is 2.56 bits per heavy atom. The average molecular weight is 391 g/mol. The van der Waals surface area contributed by atoms with Crippen LogP contribution in [-0.4, -0.2) is 27.2 Å². The lowest BCUT2D eigenvalue weighted by Gasteiger charge is -2.14. The van der Waals surface area contributed by atoms with Gasteiger partial charge in [0.1, 0.15) is 22.2 Å². The van der Waals surface area contributed by atoms with Crippen LogP contribution in [0.2, 0.25) is 0 Å². The predicted octanol–water partition coefficient (Wildman–Crippen LogP) is 3.11. The number of methoxy groups -OCH3 is 1. The molecule has 8 heteroatoms. The maximum atomic E-state index is 13.4. The van der Waals surface area contributed by atoms with Crippen molar-refractivity contribution in [3.63, 3.8) is 0 Å². The summed E-state index contributed by atoms with van der Waals surface area (Å²) in [6.45, 7) is -0.276. The van der Waals surface area contributed by atoms with Crippen molar-refractivity contribution >= 4 is 10.0 Å². The average Bonchev–Trinajstić information content (AvgIpc) is 3.21. The SMILES string of the molecule is COc1ccc(F)cc1S(=O)(=O)NC[C@@H](O)c1ccc(-c2ccco2)cc1. The summed E-state index contributed by atoms with van der Waals surface area (Å²) < 4.78 is 50.8. The quantitative estimate of drug-likeness (QED) is 0.646. The van der Waals surface area contributed by atoms with E-state index in [-0.39, 0.29) is 17.2 Å². The first-order valence-corrected chi connectivity index (χ1v) is 9.54. The summed E-state index contributed by atoms with van der Waals surface area (Å²) in [5.74, 6) is 0.00127. The number of rotatable bonds is 7. The van der Waals surface area contributed by atoms with E-state index in [4.69, 9.17) is 9.15 Å². The topological polar surface area (TPSA) is 88.8 Å². The van der Waals surface area contributed by atoms with Crippen molar-refractivity contribution in [2.45, 2.75) is 11.0 Å². The molecule has 2 aromatic carbocycles. The molecule has 27 heavy (non-hydrogen) atoms. The monoisotopic (exact) mass is 391 g/mol. The number of aliphatic hydroxyl groups is 1. The lowest BCUT2D eigenvalue weighted by atomic mass is 10.1. The van der Waals surface area contributed by atoms with Crippen LogP contribution in [0.15, 0.2) is 70.2 Å². The summed E-state index contributed by atoms with van der Waals surface area (Å²) >= 11 is 0. The first-order valence-electron chi connectivity index (χ1n) is 8.06. The van der Waals surface area contributed by atoms with Gasteiger partial charge in [-0.3, -0.25) is 0 Å². The van der Waals surface area contributed by atoms with Crippen LogP contribution >= 0.6 is 0 Å². The van der Waals surface area contributed by atoms with Gasteiger partial charge in [-0.1, -0.05) is 24.3 Å². The number of furan rings is 1. The molecule has 1 heterocycles. The van der Waals surface area contributed by atoms with E-state index in [2.05, 4.69) is 4.72 Å². The molecule has 1 atom stereocenters. The minimum Gasteiger partial charge on any atom is -0.495 e. The molecule has 3 rings (SSSR count). The van der Waals surface area contributed by atoms with Crippen LogP contribution in [0.4, 0.5) is 4.39 Å². The zero-order valence-electron chi connectivity index (χ0n) is 14.4. The van der Waals surface area contributed by atoms with E-state index in [0.717, 1.165) is 17.7 Å². The fourth-order valence-electron chi connectivity index (χ4n) is 2.56. The molecule has 6 nitrogen and oxygen atoms in total. The molecule has 0 aliphatic rings. The highest BCUT2D eigenvalue weighted by Gasteiger charge is 2.22. The van der Waals surface area contributed by atoms with Crippen LogP contribution in [0.5, 0.6) is 5.75 Å². The Morgan fingerprint density at radius 1 is 1.19 bits per heavy atom. The van der Waals surface area contributed by atoms with Crippen molar-refractivity contribution in [3.8, 4) is 17.1 Å². The summed E-state index contributed by atoms with van der Waals surface area (Å²) in [4.78, 5) is -0.328. The lowest BCUT2D eigenvalue weighted by molar-refractivity contribution is 0.182. The van der Waals surface area contributed by atoms with Crippen molar-refractivity contribution in [1.82, 2.24) is 4.72 Å². The van der Waals surface area contributed by atoms with Crippen molar-refractivity contribution in [3.05, 3.63) is 72.2 Å². The van der Waals surface area contributed by atoms with Crippen LogP contribution in [0.1, 0.15) is 11.7 Å². The maximum absolute atomic E-state index is 13.4. The third kappa shape index (κ3) is 4.36. The first-order chi connectivity index (χ1) is 12.9. The number of hydrogen-bond acceptors (Lipinski definition) is 5. The van der Waals surface area contributed by atoms with Gasteiger partial charge in [-0.15, -0.1) is 0 Å². The second-order valence-corrected chi connectivity index (χ2v) is 7.50. The van der Waals surface area contributed by atoms with E-state index in [0.29, 0.717) is 11.3 Å². The molecule has 0 bridgehead atoms. The summed E-state index contributed by atoms with van der Waals surface area (Å²) in [5, 5.41) is 10.3. The highest BCUT2D eigenvalue weighted by molar-refractivity contribution is 7.89. The second kappa shape index (κ2) is 7.91. The first kappa shape index (κ1) is 19.1. The molecule has 0 amide bonds. The van der Waals surface area contributed by atoms with E-state index in [1.165, 1.54) is 13.2 Å². The number of nitrogens with one attached hydrogen (secondary N) is 1. The highest BCUT2D eigenvalue weighted by atomic mass is 32.2. The zero-order chi connectivity index (χ0) is 19.4. The summed E-state index contributed by atoms with van der Waals surface area (Å²) in [6, 6.07) is 13.7. The normalized spacial score (nSPS) is 12.7. The lowest BCUT2D eigenvalue weighted by Crippen LogP contribution is -2.29. The van der Waals surface area contributed by atoms with E-state index in [9.17, 15) is 17.9 Å². The van der Waals surface area contributed by atoms with Gasteiger partial charge in [-0.05, 0) is 35.9 Å². The summed E-state index contributed by atoms with van der Waals surface area (Å²) in [5.41, 5.74) is 1.36. The molecule has 0 saturated carbocycles. The van der Waals surface area contributed by atoms with Gasteiger partial charge in [0.05, 0.1) is 19.5 Å². The number of hydrogen-bond donors (Lipinski definition) is 2. The summed E-state index contributed by atoms with van der Waals surface area (Å²) in [7, 11) is -2.77. The minimum atomic E-state index is -4.06. The van der Waals surface area contributed by atoms with Gasteiger partial charge in [0, 0.05) is 12.1 Å². The van der Waals surface area contributed by atoms with Crippen molar-refractivity contribution in [2.24, 2.45) is 0 Å². The Hall–Kier alpha value is -2.68. The van der Waals surface area contributed by atoms with E-state index in [1.807, 2.05) is 6.07 Å². The van der Waals surface area contributed by atoms with E-state index < -0.39 is 21.9 Å². The number of aliphatic hydroxyl groups excluding tert-OH is 1. The van der Waals surface area contributed by atoms with Gasteiger partial charge in [0.2, 0.25) is 10.0 Å². The molecule has 0 fully saturated rings. The van der Waals surface area contributed by atoms with Crippen LogP contribution in [-0.2, 0) is 10.0 Å². The predicted molar refractivity (Wildman–Crippen MR) is 97.2 cm³/mol. The second-order valence-electron chi connectivity index (χ2n) is 5.76. The van der Waals surface area contributed by atoms with Gasteiger partial charge in [-0.2, -0.15) is 0 Å². The smallest absolute Gasteiger partial charge is 0.244 e. The van der Waals surface area contributed by atoms with Crippen LogP contribution < -0.4 is 9.46 Å². The van der Waals surface area contributed by atoms with E-state index in [1.54, 1.807) is 36.6 Å². The van der Waals surface area contributed by atoms with Gasteiger partial charge in [0.15, 0.2) is 0 Å². The van der Waals surface area contributed by atoms with Gasteiger partial charge < -0.3 is 14.3 Å². The molecule has 0 saturated heterocycles. The Balaban J connectivity index is 1.71. The van der Waals surface area contributed by atoms with Crippen LogP contribution in [0.3, 0.4) is 0 Å². The third-order valence-corrected chi connectivity index (χ3v) is 5.43. The molecular formula is C19H18FNO5S. The zero-order valence-corrected chi connectivity index (χ0v) is 15.2. The standard InChI is InChI=1S/C19H18FNO5S/c1-25-18-9-8-15(20)11-19(18)27(23,24)21-12-16(22)13-4-6-14(7-5-13)17-3-2-10-26-17/h2-11,16,21-22H,12H2,1H3/t16-/m1/s1. The number of benzene rings is 2. The molecule has 0 unspecified atom stereocenters. The Bertz CT molecular complexity index is 1000. The molecule has 142 valence electrons. The highest BCUT2D eigenvalue weighted by Crippen LogP contribution is 2.25. The maximum Gasteiger partial charge on any atom is 0.244 e. The van der Waals surface area contributed by atoms with Crippen LogP contribution in [0, 0.1) is 5.82 Å².